The SMILES string of the molecule is COc1cccc(OC)c1C(=O)NCCN(C(C)=O)c1cc(C)cc(C)c1. The van der Waals surface area contributed by atoms with E-state index in [9.17, 15) is 9.59 Å². The molecule has 0 heterocycles. The van der Waals surface area contributed by atoms with Crippen molar-refractivity contribution in [1.82, 2.24) is 5.32 Å². The number of ether oxygens (including phenoxy) is 2. The van der Waals surface area contributed by atoms with Crippen molar-refractivity contribution in [1.29, 1.82) is 0 Å². The van der Waals surface area contributed by atoms with Crippen LogP contribution in [0.5, 0.6) is 11.5 Å². The van der Waals surface area contributed by atoms with Gasteiger partial charge in [-0.3, -0.25) is 9.59 Å². The van der Waals surface area contributed by atoms with E-state index in [1.165, 1.54) is 21.1 Å². The fourth-order valence-corrected chi connectivity index (χ4v) is 3.02. The second-order valence-corrected chi connectivity index (χ2v) is 6.31. The lowest BCUT2D eigenvalue weighted by Gasteiger charge is -2.22. The lowest BCUT2D eigenvalue weighted by atomic mass is 10.1. The highest BCUT2D eigenvalue weighted by molar-refractivity contribution is 6.00. The maximum Gasteiger partial charge on any atom is 0.258 e. The topological polar surface area (TPSA) is 67.9 Å². The molecule has 6 heteroatoms. The highest BCUT2D eigenvalue weighted by Crippen LogP contribution is 2.28. The van der Waals surface area contributed by atoms with Crippen molar-refractivity contribution in [2.45, 2.75) is 20.8 Å². The molecule has 0 aliphatic heterocycles. The van der Waals surface area contributed by atoms with Gasteiger partial charge in [-0.15, -0.1) is 0 Å². The largest absolute Gasteiger partial charge is 0.496 e. The smallest absolute Gasteiger partial charge is 0.258 e. The van der Waals surface area contributed by atoms with Gasteiger partial charge in [0.15, 0.2) is 0 Å². The van der Waals surface area contributed by atoms with E-state index < -0.39 is 0 Å². The van der Waals surface area contributed by atoms with E-state index in [4.69, 9.17) is 9.47 Å². The zero-order valence-electron chi connectivity index (χ0n) is 16.5. The van der Waals surface area contributed by atoms with Crippen LogP contribution >= 0.6 is 0 Å². The molecule has 0 aromatic heterocycles. The minimum Gasteiger partial charge on any atom is -0.496 e. The summed E-state index contributed by atoms with van der Waals surface area (Å²) in [6.07, 6.45) is 0. The molecule has 0 atom stereocenters. The zero-order chi connectivity index (χ0) is 20.0. The van der Waals surface area contributed by atoms with Gasteiger partial charge in [0, 0.05) is 25.7 Å². The highest BCUT2D eigenvalue weighted by atomic mass is 16.5. The number of nitrogens with one attached hydrogen (secondary N) is 1. The number of aryl methyl sites for hydroxylation is 2. The number of amides is 2. The lowest BCUT2D eigenvalue weighted by Crippen LogP contribution is -2.37. The minimum absolute atomic E-state index is 0.0795. The van der Waals surface area contributed by atoms with Crippen molar-refractivity contribution in [2.24, 2.45) is 0 Å². The van der Waals surface area contributed by atoms with Gasteiger partial charge in [0.1, 0.15) is 17.1 Å². The third kappa shape index (κ3) is 5.00. The molecule has 0 saturated heterocycles. The number of carbonyl (C=O) groups is 2. The van der Waals surface area contributed by atoms with Gasteiger partial charge in [-0.2, -0.15) is 0 Å². The summed E-state index contributed by atoms with van der Waals surface area (Å²) in [5.41, 5.74) is 3.32. The maximum atomic E-state index is 12.6. The van der Waals surface area contributed by atoms with Crippen molar-refractivity contribution in [3.63, 3.8) is 0 Å². The monoisotopic (exact) mass is 370 g/mol. The summed E-state index contributed by atoms with van der Waals surface area (Å²) >= 11 is 0. The Labute approximate surface area is 160 Å². The van der Waals surface area contributed by atoms with Crippen molar-refractivity contribution >= 4 is 17.5 Å². The standard InChI is InChI=1S/C21H26N2O4/c1-14-11-15(2)13-17(12-14)23(16(3)24)10-9-22-21(25)20-18(26-4)7-6-8-19(20)27-5/h6-8,11-13H,9-10H2,1-5H3,(H,22,25). The maximum absolute atomic E-state index is 12.6. The molecule has 0 saturated carbocycles. The fraction of sp³-hybridized carbons (Fsp3) is 0.333. The van der Waals surface area contributed by atoms with Crippen LogP contribution in [0.4, 0.5) is 5.69 Å². The molecular formula is C21H26N2O4. The summed E-state index contributed by atoms with van der Waals surface area (Å²) in [4.78, 5) is 26.4. The Hall–Kier alpha value is -3.02. The van der Waals surface area contributed by atoms with Crippen LogP contribution in [0.15, 0.2) is 36.4 Å². The highest BCUT2D eigenvalue weighted by Gasteiger charge is 2.19. The summed E-state index contributed by atoms with van der Waals surface area (Å²) in [5.74, 6) is 0.478. The second kappa shape index (κ2) is 9.07. The van der Waals surface area contributed by atoms with E-state index in [2.05, 4.69) is 11.4 Å². The molecule has 2 amide bonds. The average Bonchev–Trinajstić information content (AvgIpc) is 2.63. The predicted octanol–water partition coefficient (Wildman–Crippen LogP) is 3.10. The van der Waals surface area contributed by atoms with E-state index in [0.717, 1.165) is 16.8 Å². The van der Waals surface area contributed by atoms with Crippen molar-refractivity contribution in [3.8, 4) is 11.5 Å². The van der Waals surface area contributed by atoms with Gasteiger partial charge in [0.25, 0.3) is 5.91 Å². The minimum atomic E-state index is -0.312. The van der Waals surface area contributed by atoms with Crippen LogP contribution in [-0.4, -0.2) is 39.1 Å². The Morgan fingerprint density at radius 1 is 1.00 bits per heavy atom. The number of nitrogens with zero attached hydrogens (tertiary/aromatic N) is 1. The van der Waals surface area contributed by atoms with E-state index in [0.29, 0.717) is 30.2 Å². The molecule has 27 heavy (non-hydrogen) atoms. The first-order valence-corrected chi connectivity index (χ1v) is 8.73. The number of rotatable bonds is 7. The molecule has 1 N–H and O–H groups in total. The van der Waals surface area contributed by atoms with E-state index in [1.54, 1.807) is 23.1 Å². The molecule has 0 fully saturated rings. The van der Waals surface area contributed by atoms with Gasteiger partial charge in [-0.25, -0.2) is 0 Å². The lowest BCUT2D eigenvalue weighted by molar-refractivity contribution is -0.116. The van der Waals surface area contributed by atoms with Gasteiger partial charge in [-0.05, 0) is 49.2 Å². The molecule has 2 rings (SSSR count). The van der Waals surface area contributed by atoms with Crippen LogP contribution in [-0.2, 0) is 4.79 Å². The molecule has 2 aromatic rings. The number of methoxy groups -OCH3 is 2. The van der Waals surface area contributed by atoms with Crippen LogP contribution in [0.2, 0.25) is 0 Å². The quantitative estimate of drug-likeness (QED) is 0.813. The van der Waals surface area contributed by atoms with Crippen LogP contribution in [0.3, 0.4) is 0 Å². The van der Waals surface area contributed by atoms with Crippen LogP contribution in [0.1, 0.15) is 28.4 Å². The zero-order valence-corrected chi connectivity index (χ0v) is 16.5. The summed E-state index contributed by atoms with van der Waals surface area (Å²) in [5, 5.41) is 2.84. The number of hydrogen-bond donors (Lipinski definition) is 1. The van der Waals surface area contributed by atoms with Gasteiger partial charge in [-0.1, -0.05) is 12.1 Å². The Balaban J connectivity index is 2.12. The molecule has 0 radical (unpaired) electrons. The number of carbonyl (C=O) groups excluding carboxylic acids is 2. The molecule has 144 valence electrons. The molecule has 0 spiro atoms. The molecule has 0 aliphatic carbocycles. The van der Waals surface area contributed by atoms with Gasteiger partial charge in [0.2, 0.25) is 5.91 Å². The van der Waals surface area contributed by atoms with Crippen LogP contribution < -0.4 is 19.7 Å². The number of benzene rings is 2. The van der Waals surface area contributed by atoms with Crippen molar-refractivity contribution in [3.05, 3.63) is 53.1 Å². The molecule has 6 nitrogen and oxygen atoms in total. The predicted molar refractivity (Wildman–Crippen MR) is 106 cm³/mol. The van der Waals surface area contributed by atoms with Gasteiger partial charge in [0.05, 0.1) is 14.2 Å². The molecule has 0 aliphatic rings. The first-order chi connectivity index (χ1) is 12.9. The van der Waals surface area contributed by atoms with Crippen LogP contribution in [0.25, 0.3) is 0 Å². The fourth-order valence-electron chi connectivity index (χ4n) is 3.02. The normalized spacial score (nSPS) is 10.3. The second-order valence-electron chi connectivity index (χ2n) is 6.31. The summed E-state index contributed by atoms with van der Waals surface area (Å²) in [6, 6.07) is 11.1. The third-order valence-electron chi connectivity index (χ3n) is 4.17. The molecular weight excluding hydrogens is 344 g/mol. The average molecular weight is 370 g/mol. The first-order valence-electron chi connectivity index (χ1n) is 8.73. The van der Waals surface area contributed by atoms with Gasteiger partial charge >= 0.3 is 0 Å². The first kappa shape index (κ1) is 20.3. The van der Waals surface area contributed by atoms with Crippen molar-refractivity contribution < 1.29 is 19.1 Å². The molecule has 2 aromatic carbocycles. The molecule has 0 bridgehead atoms. The Bertz CT molecular complexity index is 790. The van der Waals surface area contributed by atoms with Gasteiger partial charge < -0.3 is 19.7 Å². The molecule has 0 unspecified atom stereocenters. The Morgan fingerprint density at radius 2 is 1.56 bits per heavy atom. The number of hydrogen-bond acceptors (Lipinski definition) is 4. The van der Waals surface area contributed by atoms with Crippen LogP contribution in [0, 0.1) is 13.8 Å². The summed E-state index contributed by atoms with van der Waals surface area (Å²) in [6.45, 7) is 6.16. The van der Waals surface area contributed by atoms with Crippen molar-refractivity contribution in [2.75, 3.05) is 32.2 Å². The Kier molecular flexibility index (Phi) is 6.82. The van der Waals surface area contributed by atoms with E-state index in [-0.39, 0.29) is 11.8 Å². The Morgan fingerprint density at radius 3 is 2.04 bits per heavy atom. The summed E-state index contributed by atoms with van der Waals surface area (Å²) < 4.78 is 10.5. The summed E-state index contributed by atoms with van der Waals surface area (Å²) in [7, 11) is 3.01. The van der Waals surface area contributed by atoms with E-state index in [1.807, 2.05) is 26.0 Å². The third-order valence-corrected chi connectivity index (χ3v) is 4.17. The van der Waals surface area contributed by atoms with E-state index >= 15 is 0 Å². The number of anilines is 1.